The zero-order valence-corrected chi connectivity index (χ0v) is 16.0. The van der Waals surface area contributed by atoms with Crippen LogP contribution < -0.4 is 5.32 Å². The molecule has 152 valence electrons. The van der Waals surface area contributed by atoms with Crippen molar-refractivity contribution < 1.29 is 19.4 Å². The van der Waals surface area contributed by atoms with Crippen molar-refractivity contribution in [2.45, 2.75) is 25.3 Å². The van der Waals surface area contributed by atoms with Crippen LogP contribution in [0, 0.1) is 5.92 Å². The van der Waals surface area contributed by atoms with Gasteiger partial charge >= 0.3 is 0 Å². The van der Waals surface area contributed by atoms with Crippen LogP contribution in [0.5, 0.6) is 0 Å². The van der Waals surface area contributed by atoms with Gasteiger partial charge in [0.15, 0.2) is 0 Å². The monoisotopic (exact) mass is 396 g/mol. The molecular weight excluding hydrogens is 372 g/mol. The molecule has 0 saturated carbocycles. The number of ether oxygens (including phenoxy) is 1. The Kier molecular flexibility index (Phi) is 7.29. The lowest BCUT2D eigenvalue weighted by Gasteiger charge is -2.19. The maximum Gasteiger partial charge on any atom is 0.290 e. The van der Waals surface area contributed by atoms with Crippen molar-refractivity contribution >= 4 is 23.4 Å². The van der Waals surface area contributed by atoms with Gasteiger partial charge in [0.1, 0.15) is 5.82 Å². The van der Waals surface area contributed by atoms with Gasteiger partial charge in [0, 0.05) is 31.2 Å². The summed E-state index contributed by atoms with van der Waals surface area (Å²) in [6.45, 7) is 1.00. The zero-order chi connectivity index (χ0) is 20.5. The summed E-state index contributed by atoms with van der Waals surface area (Å²) in [6.07, 6.45) is 5.50. The molecule has 3 N–H and O–H groups in total. The summed E-state index contributed by atoms with van der Waals surface area (Å²) in [6, 6.07) is 12.0. The van der Waals surface area contributed by atoms with Crippen molar-refractivity contribution in [2.75, 3.05) is 13.2 Å². The summed E-state index contributed by atoms with van der Waals surface area (Å²) < 4.78 is 5.60. The number of rotatable bonds is 6. The molecule has 0 aliphatic carbocycles. The van der Waals surface area contributed by atoms with Gasteiger partial charge in [-0.1, -0.05) is 12.1 Å². The Hall–Kier alpha value is -3.26. The molecule has 2 aromatic heterocycles. The minimum Gasteiger partial charge on any atom is -0.483 e. The molecule has 1 aliphatic heterocycles. The first-order valence-electron chi connectivity index (χ1n) is 9.47. The number of aromatic amines is 1. The molecule has 1 fully saturated rings. The van der Waals surface area contributed by atoms with Crippen LogP contribution >= 0.6 is 0 Å². The number of para-hydroxylation sites is 2. The molecule has 2 atom stereocenters. The quantitative estimate of drug-likeness (QED) is 0.549. The number of nitrogens with zero attached hydrogens (tertiary/aromatic N) is 2. The molecule has 8 heteroatoms. The molecule has 3 aromatic rings. The lowest BCUT2D eigenvalue weighted by Crippen LogP contribution is -2.40. The SMILES string of the molecule is O=C(CCc1nc2ccccc2[nH]1)N[C@H]1COC[C@H]1Cc1ccncc1.O=CO. The normalized spacial score (nSPS) is 18.1. The summed E-state index contributed by atoms with van der Waals surface area (Å²) in [5.41, 5.74) is 3.16. The second-order valence-corrected chi connectivity index (χ2v) is 6.84. The predicted molar refractivity (Wildman–Crippen MR) is 107 cm³/mol. The summed E-state index contributed by atoms with van der Waals surface area (Å²) in [4.78, 5) is 32.6. The third-order valence-corrected chi connectivity index (χ3v) is 4.82. The van der Waals surface area contributed by atoms with E-state index in [4.69, 9.17) is 14.6 Å². The van der Waals surface area contributed by atoms with Gasteiger partial charge in [0.2, 0.25) is 5.91 Å². The summed E-state index contributed by atoms with van der Waals surface area (Å²) in [7, 11) is 0. The number of H-pyrrole nitrogens is 1. The Morgan fingerprint density at radius 1 is 1.24 bits per heavy atom. The molecule has 0 spiro atoms. The van der Waals surface area contributed by atoms with Gasteiger partial charge < -0.3 is 20.1 Å². The first kappa shape index (κ1) is 20.5. The van der Waals surface area contributed by atoms with Gasteiger partial charge in [-0.05, 0) is 36.2 Å². The number of nitrogens with one attached hydrogen (secondary N) is 2. The molecule has 1 aromatic carbocycles. The fourth-order valence-corrected chi connectivity index (χ4v) is 3.42. The molecule has 29 heavy (non-hydrogen) atoms. The molecule has 0 radical (unpaired) electrons. The van der Waals surface area contributed by atoms with E-state index in [0.29, 0.717) is 32.0 Å². The molecular formula is C21H24N4O4. The summed E-state index contributed by atoms with van der Waals surface area (Å²) >= 11 is 0. The van der Waals surface area contributed by atoms with E-state index in [1.807, 2.05) is 36.4 Å². The van der Waals surface area contributed by atoms with Gasteiger partial charge in [0.25, 0.3) is 6.47 Å². The van der Waals surface area contributed by atoms with E-state index in [0.717, 1.165) is 23.3 Å². The van der Waals surface area contributed by atoms with E-state index < -0.39 is 0 Å². The van der Waals surface area contributed by atoms with Crippen LogP contribution in [0.2, 0.25) is 0 Å². The second-order valence-electron chi connectivity index (χ2n) is 6.84. The van der Waals surface area contributed by atoms with E-state index in [1.165, 1.54) is 5.56 Å². The molecule has 1 aliphatic rings. The summed E-state index contributed by atoms with van der Waals surface area (Å²) in [5.74, 6) is 1.19. The van der Waals surface area contributed by atoms with Gasteiger partial charge in [0.05, 0.1) is 30.3 Å². The van der Waals surface area contributed by atoms with Crippen LogP contribution in [-0.4, -0.2) is 51.7 Å². The lowest BCUT2D eigenvalue weighted by atomic mass is 9.95. The van der Waals surface area contributed by atoms with Crippen LogP contribution in [0.15, 0.2) is 48.8 Å². The average molecular weight is 396 g/mol. The molecule has 4 rings (SSSR count). The van der Waals surface area contributed by atoms with Crippen molar-refractivity contribution in [3.8, 4) is 0 Å². The smallest absolute Gasteiger partial charge is 0.290 e. The third kappa shape index (κ3) is 5.86. The van der Waals surface area contributed by atoms with E-state index in [9.17, 15) is 4.79 Å². The molecule has 1 saturated heterocycles. The van der Waals surface area contributed by atoms with Crippen LogP contribution in [0.25, 0.3) is 11.0 Å². The first-order chi connectivity index (χ1) is 14.2. The highest BCUT2D eigenvalue weighted by Crippen LogP contribution is 2.19. The van der Waals surface area contributed by atoms with Crippen molar-refractivity contribution in [2.24, 2.45) is 5.92 Å². The van der Waals surface area contributed by atoms with E-state index in [-0.39, 0.29) is 18.4 Å². The number of carboxylic acid groups (broad SMARTS) is 1. The Bertz CT molecular complexity index is 896. The Morgan fingerprint density at radius 3 is 2.76 bits per heavy atom. The average Bonchev–Trinajstić information content (AvgIpc) is 3.34. The highest BCUT2D eigenvalue weighted by atomic mass is 16.5. The van der Waals surface area contributed by atoms with E-state index in [1.54, 1.807) is 12.4 Å². The molecule has 1 amide bonds. The number of pyridine rings is 1. The zero-order valence-electron chi connectivity index (χ0n) is 16.0. The van der Waals surface area contributed by atoms with Gasteiger partial charge in [-0.15, -0.1) is 0 Å². The van der Waals surface area contributed by atoms with E-state index in [2.05, 4.69) is 20.3 Å². The predicted octanol–water partition coefficient (Wildman–Crippen LogP) is 1.97. The first-order valence-corrected chi connectivity index (χ1v) is 9.47. The second kappa shape index (κ2) is 10.3. The van der Waals surface area contributed by atoms with Crippen LogP contribution in [0.3, 0.4) is 0 Å². The Balaban J connectivity index is 0.000000755. The molecule has 0 unspecified atom stereocenters. The maximum absolute atomic E-state index is 12.4. The van der Waals surface area contributed by atoms with Gasteiger partial charge in [-0.3, -0.25) is 14.6 Å². The number of aromatic nitrogens is 3. The lowest BCUT2D eigenvalue weighted by molar-refractivity contribution is -0.123. The topological polar surface area (TPSA) is 117 Å². The Labute approximate surface area is 168 Å². The van der Waals surface area contributed by atoms with E-state index >= 15 is 0 Å². The van der Waals surface area contributed by atoms with Crippen molar-refractivity contribution in [1.29, 1.82) is 0 Å². The molecule has 0 bridgehead atoms. The largest absolute Gasteiger partial charge is 0.483 e. The number of aryl methyl sites for hydroxylation is 1. The Morgan fingerprint density at radius 2 is 2.00 bits per heavy atom. The highest BCUT2D eigenvalue weighted by molar-refractivity contribution is 5.77. The standard InChI is InChI=1S/C20H22N4O2.CH2O2/c25-20(6-5-19-22-16-3-1-2-4-17(16)23-19)24-18-13-26-12-15(18)11-14-7-9-21-10-8-14;2-1-3/h1-4,7-10,15,18H,5-6,11-13H2,(H,22,23)(H,24,25);1H,(H,2,3)/t15-,18+;/m1./s1. The van der Waals surface area contributed by atoms with Gasteiger partial charge in [-0.25, -0.2) is 4.98 Å². The van der Waals surface area contributed by atoms with Gasteiger partial charge in [-0.2, -0.15) is 0 Å². The fraction of sp³-hybridized carbons (Fsp3) is 0.333. The van der Waals surface area contributed by atoms with Crippen LogP contribution in [0.4, 0.5) is 0 Å². The number of hydrogen-bond acceptors (Lipinski definition) is 5. The fourth-order valence-electron chi connectivity index (χ4n) is 3.42. The molecule has 8 nitrogen and oxygen atoms in total. The van der Waals surface area contributed by atoms with Crippen molar-refractivity contribution in [1.82, 2.24) is 20.3 Å². The van der Waals surface area contributed by atoms with Crippen LogP contribution in [0.1, 0.15) is 17.8 Å². The minimum absolute atomic E-state index is 0.0423. The molecule has 3 heterocycles. The number of fused-ring (bicyclic) bond motifs is 1. The number of amides is 1. The number of imidazole rings is 1. The van der Waals surface area contributed by atoms with Crippen molar-refractivity contribution in [3.05, 3.63) is 60.2 Å². The number of carbonyl (C=O) groups is 2. The number of benzene rings is 1. The summed E-state index contributed by atoms with van der Waals surface area (Å²) in [5, 5.41) is 10.0. The number of hydrogen-bond donors (Lipinski definition) is 3. The highest BCUT2D eigenvalue weighted by Gasteiger charge is 2.29. The minimum atomic E-state index is -0.250. The van der Waals surface area contributed by atoms with Crippen LogP contribution in [-0.2, 0) is 27.2 Å². The third-order valence-electron chi connectivity index (χ3n) is 4.82. The number of carbonyl (C=O) groups excluding carboxylic acids is 1. The maximum atomic E-state index is 12.4. The van der Waals surface area contributed by atoms with Crippen molar-refractivity contribution in [3.63, 3.8) is 0 Å².